The van der Waals surface area contributed by atoms with Gasteiger partial charge in [-0.05, 0) is 18.1 Å². The Kier molecular flexibility index (Phi) is 2.28. The third-order valence-electron chi connectivity index (χ3n) is 2.32. The van der Waals surface area contributed by atoms with Crippen LogP contribution in [0.3, 0.4) is 0 Å². The number of alkyl halides is 1. The molecule has 1 nitrogen and oxygen atoms in total. The highest BCUT2D eigenvalue weighted by atomic mass is 35.5. The summed E-state index contributed by atoms with van der Waals surface area (Å²) in [6.45, 7) is 2.10. The lowest BCUT2D eigenvalue weighted by Gasteiger charge is -2.03. The topological polar surface area (TPSA) is 15.8 Å². The van der Waals surface area contributed by atoms with Gasteiger partial charge in [0.15, 0.2) is 0 Å². The highest BCUT2D eigenvalue weighted by molar-refractivity contribution is 6.21. The first-order chi connectivity index (χ1) is 6.33. The van der Waals surface area contributed by atoms with Gasteiger partial charge < -0.3 is 4.98 Å². The summed E-state index contributed by atoms with van der Waals surface area (Å²) in [4.78, 5) is 3.22. The molecular weight excluding hydrogens is 182 g/mol. The second-order valence-corrected chi connectivity index (χ2v) is 3.69. The lowest BCUT2D eigenvalue weighted by atomic mass is 10.1. The van der Waals surface area contributed by atoms with Crippen LogP contribution < -0.4 is 0 Å². The molecule has 13 heavy (non-hydrogen) atoms. The van der Waals surface area contributed by atoms with Gasteiger partial charge in [-0.1, -0.05) is 25.1 Å². The summed E-state index contributed by atoms with van der Waals surface area (Å²) >= 11 is 6.19. The number of fused-ring (bicyclic) bond motifs is 1. The van der Waals surface area contributed by atoms with E-state index in [1.165, 1.54) is 10.9 Å². The molecule has 0 bridgehead atoms. The highest BCUT2D eigenvalue weighted by Crippen LogP contribution is 2.30. The van der Waals surface area contributed by atoms with Gasteiger partial charge in [-0.25, -0.2) is 0 Å². The molecule has 1 unspecified atom stereocenters. The van der Waals surface area contributed by atoms with Crippen LogP contribution in [0.15, 0.2) is 30.5 Å². The molecule has 2 aromatic rings. The smallest absolute Gasteiger partial charge is 0.0603 e. The van der Waals surface area contributed by atoms with E-state index >= 15 is 0 Å². The van der Waals surface area contributed by atoms with Crippen LogP contribution in [0.4, 0.5) is 0 Å². The Bertz CT molecular complexity index is 405. The number of H-pyrrole nitrogens is 1. The van der Waals surface area contributed by atoms with E-state index in [4.69, 9.17) is 11.6 Å². The van der Waals surface area contributed by atoms with E-state index in [1.54, 1.807) is 0 Å². The summed E-state index contributed by atoms with van der Waals surface area (Å²) in [6.07, 6.45) is 2.97. The third kappa shape index (κ3) is 1.44. The van der Waals surface area contributed by atoms with E-state index in [9.17, 15) is 0 Å². The zero-order chi connectivity index (χ0) is 9.26. The largest absolute Gasteiger partial charge is 0.361 e. The van der Waals surface area contributed by atoms with Gasteiger partial charge in [0.2, 0.25) is 0 Å². The maximum absolute atomic E-state index is 6.19. The first-order valence-electron chi connectivity index (χ1n) is 4.53. The fraction of sp³-hybridized carbons (Fsp3) is 0.273. The van der Waals surface area contributed by atoms with Gasteiger partial charge in [0.05, 0.1) is 5.38 Å². The molecule has 1 aromatic carbocycles. The quantitative estimate of drug-likeness (QED) is 0.698. The molecule has 1 aromatic heterocycles. The Balaban J connectivity index is 2.57. The van der Waals surface area contributed by atoms with Crippen LogP contribution in [0.2, 0.25) is 0 Å². The van der Waals surface area contributed by atoms with Crippen LogP contribution in [0, 0.1) is 0 Å². The van der Waals surface area contributed by atoms with Crippen LogP contribution in [0.5, 0.6) is 0 Å². The summed E-state index contributed by atoms with van der Waals surface area (Å²) in [5, 5.41) is 1.36. The normalized spacial score (nSPS) is 13.4. The molecule has 0 fully saturated rings. The number of aromatic nitrogens is 1. The maximum atomic E-state index is 6.19. The molecule has 1 N–H and O–H groups in total. The van der Waals surface area contributed by atoms with Crippen LogP contribution in [0.25, 0.3) is 10.9 Å². The molecule has 0 amide bonds. The summed E-state index contributed by atoms with van der Waals surface area (Å²) in [5.74, 6) is 0. The summed E-state index contributed by atoms with van der Waals surface area (Å²) in [5.41, 5.74) is 2.37. The average molecular weight is 194 g/mol. The molecule has 1 atom stereocenters. The van der Waals surface area contributed by atoms with Crippen molar-refractivity contribution in [2.24, 2.45) is 0 Å². The molecule has 0 aliphatic carbocycles. The van der Waals surface area contributed by atoms with Crippen molar-refractivity contribution in [1.29, 1.82) is 0 Å². The van der Waals surface area contributed by atoms with Crippen molar-refractivity contribution in [2.75, 3.05) is 0 Å². The lowest BCUT2D eigenvalue weighted by Crippen LogP contribution is -1.84. The predicted octanol–water partition coefficient (Wildman–Crippen LogP) is 3.86. The zero-order valence-corrected chi connectivity index (χ0v) is 8.31. The minimum atomic E-state index is 0.121. The fourth-order valence-electron chi connectivity index (χ4n) is 1.57. The maximum Gasteiger partial charge on any atom is 0.0603 e. The van der Waals surface area contributed by atoms with E-state index in [0.29, 0.717) is 0 Å². The molecule has 0 aliphatic rings. The van der Waals surface area contributed by atoms with Crippen LogP contribution >= 0.6 is 11.6 Å². The van der Waals surface area contributed by atoms with Crippen molar-refractivity contribution in [3.8, 4) is 0 Å². The molecule has 0 saturated heterocycles. The highest BCUT2D eigenvalue weighted by Gasteiger charge is 2.09. The fourth-order valence-corrected chi connectivity index (χ4v) is 1.75. The standard InChI is InChI=1S/C11H12ClN/c1-2-10(12)9-7-13-11-6-4-3-5-8(9)11/h3-7,10,13H,2H2,1H3. The predicted molar refractivity (Wildman–Crippen MR) is 57.2 cm³/mol. The first-order valence-corrected chi connectivity index (χ1v) is 4.96. The van der Waals surface area contributed by atoms with Crippen molar-refractivity contribution >= 4 is 22.5 Å². The number of nitrogens with one attached hydrogen (secondary N) is 1. The second kappa shape index (κ2) is 3.43. The number of para-hydroxylation sites is 1. The van der Waals surface area contributed by atoms with Crippen LogP contribution in [-0.4, -0.2) is 4.98 Å². The zero-order valence-electron chi connectivity index (χ0n) is 7.55. The third-order valence-corrected chi connectivity index (χ3v) is 2.86. The second-order valence-electron chi connectivity index (χ2n) is 3.17. The van der Waals surface area contributed by atoms with Gasteiger partial charge in [0.25, 0.3) is 0 Å². The summed E-state index contributed by atoms with van der Waals surface area (Å²) in [7, 11) is 0. The average Bonchev–Trinajstić information content (AvgIpc) is 2.60. The van der Waals surface area contributed by atoms with Crippen molar-refractivity contribution in [3.05, 3.63) is 36.0 Å². The number of hydrogen-bond donors (Lipinski definition) is 1. The molecule has 1 heterocycles. The van der Waals surface area contributed by atoms with Gasteiger partial charge in [-0.15, -0.1) is 11.6 Å². The van der Waals surface area contributed by atoms with E-state index in [0.717, 1.165) is 11.9 Å². The number of halogens is 1. The Morgan fingerprint density at radius 3 is 2.92 bits per heavy atom. The van der Waals surface area contributed by atoms with E-state index in [1.807, 2.05) is 18.3 Å². The van der Waals surface area contributed by atoms with Gasteiger partial charge in [-0.2, -0.15) is 0 Å². The lowest BCUT2D eigenvalue weighted by molar-refractivity contribution is 0.891. The molecule has 0 spiro atoms. The summed E-state index contributed by atoms with van der Waals surface area (Å²) < 4.78 is 0. The van der Waals surface area contributed by atoms with Crippen molar-refractivity contribution in [1.82, 2.24) is 4.98 Å². The molecule has 68 valence electrons. The molecular formula is C11H12ClN. The monoisotopic (exact) mass is 193 g/mol. The van der Waals surface area contributed by atoms with E-state index < -0.39 is 0 Å². The van der Waals surface area contributed by atoms with E-state index in [-0.39, 0.29) is 5.38 Å². The van der Waals surface area contributed by atoms with Gasteiger partial charge in [0.1, 0.15) is 0 Å². The molecule has 2 rings (SSSR count). The number of rotatable bonds is 2. The minimum Gasteiger partial charge on any atom is -0.361 e. The van der Waals surface area contributed by atoms with E-state index in [2.05, 4.69) is 24.0 Å². The number of benzene rings is 1. The van der Waals surface area contributed by atoms with Gasteiger partial charge >= 0.3 is 0 Å². The molecule has 0 saturated carbocycles. The Morgan fingerprint density at radius 2 is 2.15 bits per heavy atom. The number of aromatic amines is 1. The van der Waals surface area contributed by atoms with Crippen LogP contribution in [0.1, 0.15) is 24.3 Å². The first kappa shape index (κ1) is 8.64. The molecule has 2 heteroatoms. The Morgan fingerprint density at radius 1 is 1.38 bits per heavy atom. The van der Waals surface area contributed by atoms with Gasteiger partial charge in [0, 0.05) is 17.1 Å². The molecule has 0 aliphatic heterocycles. The molecule has 0 radical (unpaired) electrons. The van der Waals surface area contributed by atoms with Crippen LogP contribution in [-0.2, 0) is 0 Å². The Labute approximate surface area is 82.7 Å². The summed E-state index contributed by atoms with van der Waals surface area (Å²) in [6, 6.07) is 8.24. The van der Waals surface area contributed by atoms with Crippen molar-refractivity contribution in [3.63, 3.8) is 0 Å². The Hall–Kier alpha value is -0.950. The SMILES string of the molecule is CCC(Cl)c1c[nH]c2ccccc12. The van der Waals surface area contributed by atoms with Crippen molar-refractivity contribution in [2.45, 2.75) is 18.7 Å². The number of hydrogen-bond acceptors (Lipinski definition) is 0. The van der Waals surface area contributed by atoms with Crippen molar-refractivity contribution < 1.29 is 0 Å². The minimum absolute atomic E-state index is 0.121. The van der Waals surface area contributed by atoms with Gasteiger partial charge in [-0.3, -0.25) is 0 Å².